The first-order valence-electron chi connectivity index (χ1n) is 7.51. The van der Waals surface area contributed by atoms with Gasteiger partial charge < -0.3 is 4.74 Å². The molecule has 27 heavy (non-hydrogen) atoms. The second-order valence-corrected chi connectivity index (χ2v) is 8.66. The Morgan fingerprint density at radius 1 is 1.19 bits per heavy atom. The molecule has 11 heteroatoms. The zero-order valence-electron chi connectivity index (χ0n) is 13.7. The van der Waals surface area contributed by atoms with Crippen molar-refractivity contribution in [1.82, 2.24) is 9.56 Å². The maximum absolute atomic E-state index is 13.9. The van der Waals surface area contributed by atoms with Gasteiger partial charge >= 0.3 is 0 Å². The van der Waals surface area contributed by atoms with Crippen LogP contribution in [0.25, 0.3) is 0 Å². The monoisotopic (exact) mass is 452 g/mol. The van der Waals surface area contributed by atoms with E-state index < -0.39 is 28.4 Å². The molecule has 0 aliphatic carbocycles. The Bertz CT molecular complexity index is 896. The number of hydrogen-bond donors (Lipinski definition) is 2. The van der Waals surface area contributed by atoms with Crippen molar-refractivity contribution in [3.8, 4) is 5.75 Å². The standard InChI is InChI=1S/C16H15Cl2FN2O4S2/c17-11-1-4-13(5-2-11)27(23,24)20-7-8-26-12-3-6-15(14(19)9-12)25-10-16(22)21-18/h1-6,9,20H,7-8,10H2,(H,21,22). The lowest BCUT2D eigenvalue weighted by atomic mass is 10.3. The average molecular weight is 453 g/mol. The summed E-state index contributed by atoms with van der Waals surface area (Å²) in [5.41, 5.74) is 0. The van der Waals surface area contributed by atoms with Crippen molar-refractivity contribution < 1.29 is 22.3 Å². The van der Waals surface area contributed by atoms with Gasteiger partial charge in [0.15, 0.2) is 18.2 Å². The second kappa shape index (κ2) is 10.1. The zero-order valence-corrected chi connectivity index (χ0v) is 16.9. The maximum atomic E-state index is 13.9. The van der Waals surface area contributed by atoms with Crippen LogP contribution in [0.3, 0.4) is 0 Å². The lowest BCUT2D eigenvalue weighted by Gasteiger charge is -2.09. The van der Waals surface area contributed by atoms with Gasteiger partial charge in [-0.3, -0.25) is 9.63 Å². The molecule has 0 spiro atoms. The predicted molar refractivity (Wildman–Crippen MR) is 103 cm³/mol. The smallest absolute Gasteiger partial charge is 0.272 e. The van der Waals surface area contributed by atoms with E-state index in [-0.39, 0.29) is 17.2 Å². The fourth-order valence-electron chi connectivity index (χ4n) is 1.90. The van der Waals surface area contributed by atoms with Crippen molar-refractivity contribution in [2.24, 2.45) is 0 Å². The summed E-state index contributed by atoms with van der Waals surface area (Å²) in [6.45, 7) is -0.245. The van der Waals surface area contributed by atoms with Crippen LogP contribution in [0.4, 0.5) is 4.39 Å². The van der Waals surface area contributed by atoms with Gasteiger partial charge in [0.2, 0.25) is 10.0 Å². The van der Waals surface area contributed by atoms with Crippen LogP contribution in [-0.4, -0.2) is 33.2 Å². The van der Waals surface area contributed by atoms with Gasteiger partial charge in [0.25, 0.3) is 5.91 Å². The SMILES string of the molecule is O=C(COc1ccc(SCCNS(=O)(=O)c2ccc(Cl)cc2)cc1F)NCl. The molecule has 0 saturated heterocycles. The largest absolute Gasteiger partial charge is 0.481 e. The molecule has 0 atom stereocenters. The Balaban J connectivity index is 1.83. The molecule has 2 rings (SSSR count). The van der Waals surface area contributed by atoms with E-state index in [4.69, 9.17) is 28.1 Å². The summed E-state index contributed by atoms with van der Waals surface area (Å²) in [4.78, 5) is 13.5. The van der Waals surface area contributed by atoms with Gasteiger partial charge in [-0.25, -0.2) is 17.5 Å². The number of thioether (sulfide) groups is 1. The molecule has 2 N–H and O–H groups in total. The molecule has 0 fully saturated rings. The summed E-state index contributed by atoms with van der Waals surface area (Å²) in [7, 11) is -3.63. The highest BCUT2D eigenvalue weighted by Crippen LogP contribution is 2.25. The predicted octanol–water partition coefficient (Wildman–Crippen LogP) is 3.20. The van der Waals surface area contributed by atoms with E-state index in [0.29, 0.717) is 15.7 Å². The lowest BCUT2D eigenvalue weighted by Crippen LogP contribution is -2.25. The first kappa shape index (κ1) is 21.8. The van der Waals surface area contributed by atoms with Crippen LogP contribution >= 0.6 is 35.1 Å². The fraction of sp³-hybridized carbons (Fsp3) is 0.188. The number of benzene rings is 2. The Morgan fingerprint density at radius 2 is 1.89 bits per heavy atom. The molecule has 2 aromatic rings. The number of amides is 1. The van der Waals surface area contributed by atoms with E-state index >= 15 is 0 Å². The minimum Gasteiger partial charge on any atom is -0.481 e. The van der Waals surface area contributed by atoms with Gasteiger partial charge in [0.05, 0.1) is 4.90 Å². The van der Waals surface area contributed by atoms with Gasteiger partial charge in [-0.2, -0.15) is 0 Å². The Labute approximate surface area is 170 Å². The van der Waals surface area contributed by atoms with E-state index in [9.17, 15) is 17.6 Å². The molecule has 6 nitrogen and oxygen atoms in total. The summed E-state index contributed by atoms with van der Waals surface area (Å²) in [5.74, 6) is -0.920. The normalized spacial score (nSPS) is 11.2. The number of halogens is 3. The number of sulfonamides is 1. The van der Waals surface area contributed by atoms with Crippen LogP contribution in [0.5, 0.6) is 5.75 Å². The van der Waals surface area contributed by atoms with Crippen LogP contribution < -0.4 is 14.3 Å². The first-order valence-corrected chi connectivity index (χ1v) is 10.7. The quantitative estimate of drug-likeness (QED) is 0.346. The molecule has 0 aliphatic rings. The Hall–Kier alpha value is -1.52. The number of ether oxygens (including phenoxy) is 1. The Morgan fingerprint density at radius 3 is 2.52 bits per heavy atom. The van der Waals surface area contributed by atoms with E-state index in [0.717, 1.165) is 0 Å². The molecule has 0 aliphatic heterocycles. The van der Waals surface area contributed by atoms with E-state index in [1.54, 1.807) is 6.07 Å². The van der Waals surface area contributed by atoms with Crippen molar-refractivity contribution in [3.05, 3.63) is 53.3 Å². The molecular formula is C16H15Cl2FN2O4S2. The zero-order chi connectivity index (χ0) is 19.9. The van der Waals surface area contributed by atoms with Gasteiger partial charge in [0.1, 0.15) is 0 Å². The molecule has 0 aromatic heterocycles. The summed E-state index contributed by atoms with van der Waals surface area (Å²) >= 11 is 12.1. The fourth-order valence-corrected chi connectivity index (χ4v) is 4.03. The van der Waals surface area contributed by atoms with Crippen molar-refractivity contribution in [3.63, 3.8) is 0 Å². The van der Waals surface area contributed by atoms with Crippen LogP contribution in [0.2, 0.25) is 5.02 Å². The van der Waals surface area contributed by atoms with Crippen molar-refractivity contribution in [1.29, 1.82) is 0 Å². The minimum absolute atomic E-state index is 0.0805. The van der Waals surface area contributed by atoms with E-state index in [1.807, 2.05) is 4.84 Å². The topological polar surface area (TPSA) is 84.5 Å². The van der Waals surface area contributed by atoms with Gasteiger partial charge in [-0.15, -0.1) is 11.8 Å². The van der Waals surface area contributed by atoms with E-state index in [2.05, 4.69) is 4.72 Å². The van der Waals surface area contributed by atoms with Crippen molar-refractivity contribution >= 4 is 51.1 Å². The molecule has 0 unspecified atom stereocenters. The maximum Gasteiger partial charge on any atom is 0.272 e. The summed E-state index contributed by atoms with van der Waals surface area (Å²) in [6.07, 6.45) is 0. The van der Waals surface area contributed by atoms with Gasteiger partial charge in [-0.1, -0.05) is 11.6 Å². The molecular weight excluding hydrogens is 438 g/mol. The molecule has 0 heterocycles. The lowest BCUT2D eigenvalue weighted by molar-refractivity contribution is -0.121. The molecule has 2 aromatic carbocycles. The van der Waals surface area contributed by atoms with Crippen molar-refractivity contribution in [2.45, 2.75) is 9.79 Å². The molecule has 0 radical (unpaired) electrons. The molecule has 0 saturated carbocycles. The number of nitrogens with one attached hydrogen (secondary N) is 2. The highest BCUT2D eigenvalue weighted by molar-refractivity contribution is 7.99. The first-order chi connectivity index (χ1) is 12.8. The second-order valence-electron chi connectivity index (χ2n) is 5.10. The summed E-state index contributed by atoms with van der Waals surface area (Å²) < 4.78 is 45.6. The van der Waals surface area contributed by atoms with Crippen LogP contribution in [0.1, 0.15) is 0 Å². The highest BCUT2D eigenvalue weighted by atomic mass is 35.5. The van der Waals surface area contributed by atoms with Crippen LogP contribution in [-0.2, 0) is 14.8 Å². The number of hydrogen-bond acceptors (Lipinski definition) is 5. The van der Waals surface area contributed by atoms with Crippen LogP contribution in [0.15, 0.2) is 52.3 Å². The number of carbonyl (C=O) groups excluding carboxylic acids is 1. The third-order valence-corrected chi connectivity index (χ3v) is 6.09. The third kappa shape index (κ3) is 6.86. The van der Waals surface area contributed by atoms with Crippen LogP contribution in [0, 0.1) is 5.82 Å². The Kier molecular flexibility index (Phi) is 8.18. The van der Waals surface area contributed by atoms with E-state index in [1.165, 1.54) is 48.2 Å². The summed E-state index contributed by atoms with van der Waals surface area (Å²) in [6, 6.07) is 10.0. The average Bonchev–Trinajstić information content (AvgIpc) is 2.64. The summed E-state index contributed by atoms with van der Waals surface area (Å²) in [5, 5.41) is 0.447. The minimum atomic E-state index is -3.63. The highest BCUT2D eigenvalue weighted by Gasteiger charge is 2.13. The van der Waals surface area contributed by atoms with Gasteiger partial charge in [0, 0.05) is 34.0 Å². The molecule has 146 valence electrons. The van der Waals surface area contributed by atoms with Crippen molar-refractivity contribution in [2.75, 3.05) is 18.9 Å². The number of rotatable bonds is 9. The molecule has 0 bridgehead atoms. The molecule has 1 amide bonds. The third-order valence-electron chi connectivity index (χ3n) is 3.15. The van der Waals surface area contributed by atoms with Gasteiger partial charge in [-0.05, 0) is 42.5 Å². The number of carbonyl (C=O) groups is 1.